The van der Waals surface area contributed by atoms with Gasteiger partial charge >= 0.3 is 6.03 Å². The number of benzene rings is 1. The summed E-state index contributed by atoms with van der Waals surface area (Å²) in [6.45, 7) is 0.422. The van der Waals surface area contributed by atoms with Crippen molar-refractivity contribution in [1.82, 2.24) is 30.0 Å². The maximum absolute atomic E-state index is 13.7. The molecule has 0 radical (unpaired) electrons. The first-order valence-electron chi connectivity index (χ1n) is 16.0. The minimum absolute atomic E-state index is 0.0440. The highest BCUT2D eigenvalue weighted by Gasteiger charge is 2.31. The van der Waals surface area contributed by atoms with Crippen molar-refractivity contribution >= 4 is 23.6 Å². The predicted molar refractivity (Wildman–Crippen MR) is 176 cm³/mol. The molecule has 238 valence electrons. The summed E-state index contributed by atoms with van der Waals surface area (Å²) in [7, 11) is 1.88. The Bertz CT molecular complexity index is 1640. The van der Waals surface area contributed by atoms with E-state index in [2.05, 4.69) is 37.1 Å². The molecular formula is C34H40N10O2. The Labute approximate surface area is 268 Å². The Kier molecular flexibility index (Phi) is 9.69. The van der Waals surface area contributed by atoms with Gasteiger partial charge in [0.1, 0.15) is 23.3 Å². The van der Waals surface area contributed by atoms with E-state index in [0.29, 0.717) is 29.7 Å². The minimum Gasteiger partial charge on any atom is -0.391 e. The summed E-state index contributed by atoms with van der Waals surface area (Å²) in [4.78, 5) is 29.2. The molecule has 6 rings (SSSR count). The van der Waals surface area contributed by atoms with Crippen molar-refractivity contribution in [3.05, 3.63) is 78.4 Å². The molecule has 46 heavy (non-hydrogen) atoms. The average Bonchev–Trinajstić information content (AvgIpc) is 3.53. The molecule has 2 saturated carbocycles. The SMILES string of the molecule is Cn1cc(-c2ccc(N(C(=O)NCc3ccccc3)C3CCC(Nc4ncc(C#N)c(NC5CCCCC5O)n4)CC3)nc2)cn1. The van der Waals surface area contributed by atoms with E-state index in [1.54, 1.807) is 22.0 Å². The Balaban J connectivity index is 1.13. The third kappa shape index (κ3) is 7.43. The number of rotatable bonds is 9. The number of aliphatic hydroxyl groups excluding tert-OH is 1. The average molecular weight is 621 g/mol. The Hall–Kier alpha value is -5.02. The van der Waals surface area contributed by atoms with Crippen LogP contribution in [0.15, 0.2) is 67.3 Å². The van der Waals surface area contributed by atoms with Crippen LogP contribution in [0.1, 0.15) is 62.5 Å². The van der Waals surface area contributed by atoms with Gasteiger partial charge in [-0.25, -0.2) is 14.8 Å². The second kappa shape index (κ2) is 14.4. The first-order valence-corrected chi connectivity index (χ1v) is 16.0. The van der Waals surface area contributed by atoms with Gasteiger partial charge in [-0.2, -0.15) is 15.3 Å². The molecule has 2 atom stereocenters. The number of carbonyl (C=O) groups is 1. The van der Waals surface area contributed by atoms with Crippen LogP contribution in [0.4, 0.5) is 22.4 Å². The summed E-state index contributed by atoms with van der Waals surface area (Å²) in [5.41, 5.74) is 3.28. The molecule has 2 aliphatic rings. The van der Waals surface area contributed by atoms with E-state index in [-0.39, 0.29) is 24.2 Å². The maximum atomic E-state index is 13.7. The Morgan fingerprint density at radius 3 is 2.48 bits per heavy atom. The molecule has 0 saturated heterocycles. The number of amides is 2. The smallest absolute Gasteiger partial charge is 0.323 e. The van der Waals surface area contributed by atoms with Gasteiger partial charge in [0.15, 0.2) is 0 Å². The second-order valence-electron chi connectivity index (χ2n) is 12.1. The largest absolute Gasteiger partial charge is 0.391 e. The number of nitrogens with one attached hydrogen (secondary N) is 3. The monoisotopic (exact) mass is 620 g/mol. The van der Waals surface area contributed by atoms with Crippen LogP contribution in [0.5, 0.6) is 0 Å². The number of aryl methyl sites for hydroxylation is 1. The molecular weight excluding hydrogens is 580 g/mol. The third-order valence-corrected chi connectivity index (χ3v) is 8.89. The van der Waals surface area contributed by atoms with Gasteiger partial charge in [0, 0.05) is 49.2 Å². The van der Waals surface area contributed by atoms with E-state index in [1.807, 2.05) is 55.7 Å². The number of hydrogen-bond donors (Lipinski definition) is 4. The van der Waals surface area contributed by atoms with Crippen LogP contribution in [0.2, 0.25) is 0 Å². The van der Waals surface area contributed by atoms with E-state index in [1.165, 1.54) is 6.20 Å². The van der Waals surface area contributed by atoms with E-state index >= 15 is 0 Å². The van der Waals surface area contributed by atoms with Crippen molar-refractivity contribution < 1.29 is 9.90 Å². The minimum atomic E-state index is -0.462. The summed E-state index contributed by atoms with van der Waals surface area (Å²) >= 11 is 0. The molecule has 2 aliphatic carbocycles. The quantitative estimate of drug-likeness (QED) is 0.202. The molecule has 2 amide bonds. The number of aliphatic hydroxyl groups is 1. The van der Waals surface area contributed by atoms with Gasteiger partial charge in [-0.1, -0.05) is 43.2 Å². The fourth-order valence-electron chi connectivity index (χ4n) is 6.34. The fraction of sp³-hybridized carbons (Fsp3) is 0.412. The zero-order chi connectivity index (χ0) is 31.9. The highest BCUT2D eigenvalue weighted by atomic mass is 16.3. The van der Waals surface area contributed by atoms with Crippen molar-refractivity contribution in [2.45, 2.75) is 82.1 Å². The molecule has 0 bridgehead atoms. The fourth-order valence-corrected chi connectivity index (χ4v) is 6.34. The summed E-state index contributed by atoms with van der Waals surface area (Å²) in [6, 6.07) is 15.6. The van der Waals surface area contributed by atoms with Crippen molar-refractivity contribution in [2.24, 2.45) is 7.05 Å². The molecule has 2 fully saturated rings. The zero-order valence-electron chi connectivity index (χ0n) is 26.0. The summed E-state index contributed by atoms with van der Waals surface area (Å²) in [5, 5.41) is 34.1. The van der Waals surface area contributed by atoms with Crippen LogP contribution in [-0.4, -0.2) is 60.1 Å². The zero-order valence-corrected chi connectivity index (χ0v) is 26.0. The first kappa shape index (κ1) is 31.0. The Morgan fingerprint density at radius 1 is 0.978 bits per heavy atom. The van der Waals surface area contributed by atoms with E-state index in [4.69, 9.17) is 4.98 Å². The van der Waals surface area contributed by atoms with E-state index < -0.39 is 6.10 Å². The lowest BCUT2D eigenvalue weighted by Crippen LogP contribution is -2.49. The molecule has 3 heterocycles. The second-order valence-corrected chi connectivity index (χ2v) is 12.1. The molecule has 1 aromatic carbocycles. The number of urea groups is 1. The van der Waals surface area contributed by atoms with Crippen molar-refractivity contribution in [2.75, 3.05) is 15.5 Å². The molecule has 3 aromatic heterocycles. The van der Waals surface area contributed by atoms with Crippen molar-refractivity contribution in [1.29, 1.82) is 5.26 Å². The lowest BCUT2D eigenvalue weighted by Gasteiger charge is -2.36. The van der Waals surface area contributed by atoms with Gasteiger partial charge < -0.3 is 21.1 Å². The van der Waals surface area contributed by atoms with Crippen LogP contribution in [0, 0.1) is 11.3 Å². The van der Waals surface area contributed by atoms with Gasteiger partial charge in [0.25, 0.3) is 0 Å². The number of pyridine rings is 1. The van der Waals surface area contributed by atoms with Gasteiger partial charge in [0.2, 0.25) is 5.95 Å². The molecule has 4 N–H and O–H groups in total. The molecule has 4 aromatic rings. The normalized spacial score (nSPS) is 21.2. The van der Waals surface area contributed by atoms with Crippen LogP contribution < -0.4 is 20.9 Å². The highest BCUT2D eigenvalue weighted by Crippen LogP contribution is 2.30. The van der Waals surface area contributed by atoms with Gasteiger partial charge in [-0.05, 0) is 56.2 Å². The molecule has 12 heteroatoms. The van der Waals surface area contributed by atoms with Crippen LogP contribution >= 0.6 is 0 Å². The maximum Gasteiger partial charge on any atom is 0.323 e. The lowest BCUT2D eigenvalue weighted by atomic mass is 9.90. The van der Waals surface area contributed by atoms with Gasteiger partial charge in [0.05, 0.1) is 24.5 Å². The number of nitriles is 1. The number of carbonyl (C=O) groups excluding carboxylic acids is 1. The molecule has 0 aliphatic heterocycles. The molecule has 12 nitrogen and oxygen atoms in total. The van der Waals surface area contributed by atoms with E-state index in [9.17, 15) is 15.2 Å². The van der Waals surface area contributed by atoms with Crippen molar-refractivity contribution in [3.8, 4) is 17.2 Å². The van der Waals surface area contributed by atoms with Crippen molar-refractivity contribution in [3.63, 3.8) is 0 Å². The number of anilines is 3. The number of hydrogen-bond acceptors (Lipinski definition) is 9. The highest BCUT2D eigenvalue weighted by molar-refractivity contribution is 5.91. The molecule has 0 spiro atoms. The van der Waals surface area contributed by atoms with Crippen LogP contribution in [0.3, 0.4) is 0 Å². The molecule has 2 unspecified atom stereocenters. The summed E-state index contributed by atoms with van der Waals surface area (Å²) in [5.74, 6) is 1.49. The van der Waals surface area contributed by atoms with Crippen LogP contribution in [-0.2, 0) is 13.6 Å². The number of nitrogens with zero attached hydrogens (tertiary/aromatic N) is 7. The lowest BCUT2D eigenvalue weighted by molar-refractivity contribution is 0.116. The standard InChI is InChI=1S/C34H40N10O2/c1-43-22-26(21-39-43)24-11-16-31(36-19-24)44(34(46)38-18-23-7-3-2-4-8-23)28-14-12-27(13-15-28)40-33-37-20-25(17-35)32(42-33)41-29-9-5-6-10-30(29)45/h2-4,7-8,11,16,19-22,27-30,45H,5-6,9-10,12-15,18H2,1H3,(H,38,46)(H2,37,40,41,42). The first-order chi connectivity index (χ1) is 22.5. The van der Waals surface area contributed by atoms with E-state index in [0.717, 1.165) is 68.1 Å². The third-order valence-electron chi connectivity index (χ3n) is 8.89. The van der Waals surface area contributed by atoms with Gasteiger partial charge in [-0.15, -0.1) is 0 Å². The Morgan fingerprint density at radius 2 is 1.78 bits per heavy atom. The predicted octanol–water partition coefficient (Wildman–Crippen LogP) is 5.00. The number of aromatic nitrogens is 5. The van der Waals surface area contributed by atoms with Gasteiger partial charge in [-0.3, -0.25) is 9.58 Å². The van der Waals surface area contributed by atoms with Crippen LogP contribution in [0.25, 0.3) is 11.1 Å². The topological polar surface area (TPSA) is 157 Å². The summed E-state index contributed by atoms with van der Waals surface area (Å²) in [6.07, 6.45) is 13.3. The summed E-state index contributed by atoms with van der Waals surface area (Å²) < 4.78 is 1.75.